The molecule has 0 bridgehead atoms. The Balaban J connectivity index is 5.03. The molecule has 102 valence electrons. The van der Waals surface area contributed by atoms with Crippen molar-refractivity contribution in [2.75, 3.05) is 13.6 Å². The average Bonchev–Trinajstić information content (AvgIpc) is 2.28. The molecule has 1 amide bonds. The zero-order chi connectivity index (χ0) is 13.9. The van der Waals surface area contributed by atoms with Gasteiger partial charge in [-0.3, -0.25) is 4.79 Å². The molecule has 0 aromatic carbocycles. The van der Waals surface area contributed by atoms with E-state index in [9.17, 15) is 4.79 Å². The normalized spacial score (nSPS) is 14.6. The maximum absolute atomic E-state index is 12.6. The first-order valence-electron chi connectivity index (χ1n) is 6.63. The van der Waals surface area contributed by atoms with Crippen LogP contribution in [0, 0.1) is 10.8 Å². The van der Waals surface area contributed by atoms with Gasteiger partial charge < -0.3 is 10.6 Å². The Kier molecular flexibility index (Phi) is 5.66. The van der Waals surface area contributed by atoms with Crippen molar-refractivity contribution in [1.82, 2.24) is 4.90 Å². The molecule has 1 unspecified atom stereocenters. The van der Waals surface area contributed by atoms with Gasteiger partial charge in [0.15, 0.2) is 0 Å². The van der Waals surface area contributed by atoms with Crippen molar-refractivity contribution >= 4 is 5.91 Å². The first kappa shape index (κ1) is 16.4. The second-order valence-electron chi connectivity index (χ2n) is 6.15. The lowest BCUT2D eigenvalue weighted by atomic mass is 9.79. The number of amides is 1. The van der Waals surface area contributed by atoms with E-state index in [4.69, 9.17) is 5.73 Å². The van der Waals surface area contributed by atoms with Gasteiger partial charge in [-0.25, -0.2) is 0 Å². The largest absolute Gasteiger partial charge is 0.342 e. The van der Waals surface area contributed by atoms with Crippen molar-refractivity contribution in [2.45, 2.75) is 60.4 Å². The van der Waals surface area contributed by atoms with E-state index in [1.54, 1.807) is 0 Å². The quantitative estimate of drug-likeness (QED) is 0.805. The maximum atomic E-state index is 12.6. The van der Waals surface area contributed by atoms with Crippen LogP contribution in [0.2, 0.25) is 0 Å². The fraction of sp³-hybridized carbons (Fsp3) is 0.929. The lowest BCUT2D eigenvalue weighted by molar-refractivity contribution is -0.144. The van der Waals surface area contributed by atoms with E-state index < -0.39 is 0 Å². The van der Waals surface area contributed by atoms with Crippen LogP contribution in [-0.2, 0) is 4.79 Å². The van der Waals surface area contributed by atoms with Crippen LogP contribution in [0.3, 0.4) is 0 Å². The lowest BCUT2D eigenvalue weighted by Gasteiger charge is -2.41. The highest BCUT2D eigenvalue weighted by Gasteiger charge is 2.39. The second-order valence-corrected chi connectivity index (χ2v) is 6.15. The van der Waals surface area contributed by atoms with Gasteiger partial charge in [-0.05, 0) is 25.2 Å². The predicted molar refractivity (Wildman–Crippen MR) is 73.8 cm³/mol. The fourth-order valence-electron chi connectivity index (χ4n) is 2.06. The van der Waals surface area contributed by atoms with E-state index in [1.165, 1.54) is 0 Å². The molecule has 2 N–H and O–H groups in total. The van der Waals surface area contributed by atoms with Crippen molar-refractivity contribution < 1.29 is 4.79 Å². The molecule has 3 nitrogen and oxygen atoms in total. The zero-order valence-electron chi connectivity index (χ0n) is 12.6. The molecule has 0 aliphatic heterocycles. The number of carbonyl (C=O) groups is 1. The molecule has 0 radical (unpaired) electrons. The highest BCUT2D eigenvalue weighted by molar-refractivity contribution is 5.83. The second kappa shape index (κ2) is 5.85. The van der Waals surface area contributed by atoms with Gasteiger partial charge in [0.1, 0.15) is 0 Å². The topological polar surface area (TPSA) is 46.3 Å². The van der Waals surface area contributed by atoms with Crippen LogP contribution in [0.15, 0.2) is 0 Å². The molecule has 17 heavy (non-hydrogen) atoms. The number of nitrogens with zero attached hydrogens (tertiary/aromatic N) is 1. The molecule has 0 aromatic rings. The molecule has 0 heterocycles. The third-order valence-electron chi connectivity index (χ3n) is 4.35. The summed E-state index contributed by atoms with van der Waals surface area (Å²) in [6.07, 6.45) is 1.61. The molecule has 0 aromatic heterocycles. The summed E-state index contributed by atoms with van der Waals surface area (Å²) in [5, 5.41) is 0. The minimum Gasteiger partial charge on any atom is -0.342 e. The van der Waals surface area contributed by atoms with Crippen LogP contribution < -0.4 is 5.73 Å². The Morgan fingerprint density at radius 2 is 1.65 bits per heavy atom. The Labute approximate surface area is 107 Å². The standard InChI is InChI=1S/C14H30N2O/c1-8-14(9-2,10-15)12(17)16(7)11(3)13(4,5)6/h11H,8-10,15H2,1-7H3. The summed E-state index contributed by atoms with van der Waals surface area (Å²) >= 11 is 0. The molecule has 0 spiro atoms. The van der Waals surface area contributed by atoms with Crippen molar-refractivity contribution in [3.63, 3.8) is 0 Å². The van der Waals surface area contributed by atoms with E-state index in [2.05, 4.69) is 27.7 Å². The van der Waals surface area contributed by atoms with Crippen LogP contribution in [-0.4, -0.2) is 30.4 Å². The summed E-state index contributed by atoms with van der Waals surface area (Å²) in [7, 11) is 1.90. The number of nitrogens with two attached hydrogens (primary N) is 1. The van der Waals surface area contributed by atoms with E-state index >= 15 is 0 Å². The third kappa shape index (κ3) is 3.44. The molecular formula is C14H30N2O. The monoisotopic (exact) mass is 242 g/mol. The molecule has 3 heteroatoms. The third-order valence-corrected chi connectivity index (χ3v) is 4.35. The Morgan fingerprint density at radius 3 is 1.88 bits per heavy atom. The predicted octanol–water partition coefficient (Wildman–Crippen LogP) is 2.64. The number of hydrogen-bond acceptors (Lipinski definition) is 2. The summed E-state index contributed by atoms with van der Waals surface area (Å²) in [4.78, 5) is 14.5. The van der Waals surface area contributed by atoms with E-state index in [0.29, 0.717) is 6.54 Å². The molecular weight excluding hydrogens is 212 g/mol. The maximum Gasteiger partial charge on any atom is 0.230 e. The highest BCUT2D eigenvalue weighted by atomic mass is 16.2. The van der Waals surface area contributed by atoms with Gasteiger partial charge >= 0.3 is 0 Å². The Morgan fingerprint density at radius 1 is 1.24 bits per heavy atom. The van der Waals surface area contributed by atoms with Gasteiger partial charge in [0.25, 0.3) is 0 Å². The van der Waals surface area contributed by atoms with Crippen LogP contribution >= 0.6 is 0 Å². The fourth-order valence-corrected chi connectivity index (χ4v) is 2.06. The average molecular weight is 242 g/mol. The van der Waals surface area contributed by atoms with Gasteiger partial charge in [-0.2, -0.15) is 0 Å². The molecule has 0 fully saturated rings. The minimum absolute atomic E-state index is 0.0895. The van der Waals surface area contributed by atoms with Crippen molar-refractivity contribution in [2.24, 2.45) is 16.6 Å². The van der Waals surface area contributed by atoms with E-state index in [1.807, 2.05) is 25.8 Å². The SMILES string of the molecule is CCC(CC)(CN)C(=O)N(C)C(C)C(C)(C)C. The molecule has 0 saturated carbocycles. The van der Waals surface area contributed by atoms with Crippen molar-refractivity contribution in [3.05, 3.63) is 0 Å². The summed E-state index contributed by atoms with van der Waals surface area (Å²) in [5.41, 5.74) is 5.54. The zero-order valence-corrected chi connectivity index (χ0v) is 12.6. The first-order valence-corrected chi connectivity index (χ1v) is 6.63. The van der Waals surface area contributed by atoms with Crippen LogP contribution in [0.25, 0.3) is 0 Å². The lowest BCUT2D eigenvalue weighted by Crippen LogP contribution is -2.52. The van der Waals surface area contributed by atoms with Gasteiger partial charge in [-0.1, -0.05) is 34.6 Å². The number of rotatable bonds is 5. The molecule has 0 rings (SSSR count). The molecule has 0 saturated heterocycles. The number of carbonyl (C=O) groups excluding carboxylic acids is 1. The molecule has 0 aliphatic rings. The van der Waals surface area contributed by atoms with Gasteiger partial charge in [-0.15, -0.1) is 0 Å². The van der Waals surface area contributed by atoms with Gasteiger partial charge in [0, 0.05) is 19.6 Å². The first-order chi connectivity index (χ1) is 7.66. The van der Waals surface area contributed by atoms with E-state index in [0.717, 1.165) is 12.8 Å². The Bertz CT molecular complexity index is 243. The summed E-state index contributed by atoms with van der Waals surface area (Å²) in [5.74, 6) is 0.187. The van der Waals surface area contributed by atoms with Crippen LogP contribution in [0.5, 0.6) is 0 Å². The van der Waals surface area contributed by atoms with E-state index in [-0.39, 0.29) is 22.8 Å². The molecule has 1 atom stereocenters. The molecule has 0 aliphatic carbocycles. The van der Waals surface area contributed by atoms with Crippen molar-refractivity contribution in [1.29, 1.82) is 0 Å². The summed E-state index contributed by atoms with van der Waals surface area (Å²) < 4.78 is 0. The summed E-state index contributed by atoms with van der Waals surface area (Å²) in [6, 6.07) is 0.207. The highest BCUT2D eigenvalue weighted by Crippen LogP contribution is 2.31. The summed E-state index contributed by atoms with van der Waals surface area (Å²) in [6.45, 7) is 13.1. The van der Waals surface area contributed by atoms with Gasteiger partial charge in [0.05, 0.1) is 5.41 Å². The van der Waals surface area contributed by atoms with Gasteiger partial charge in [0.2, 0.25) is 5.91 Å². The van der Waals surface area contributed by atoms with Crippen LogP contribution in [0.4, 0.5) is 0 Å². The smallest absolute Gasteiger partial charge is 0.230 e. The minimum atomic E-state index is -0.381. The van der Waals surface area contributed by atoms with Crippen molar-refractivity contribution in [3.8, 4) is 0 Å². The Hall–Kier alpha value is -0.570. The number of hydrogen-bond donors (Lipinski definition) is 1. The van der Waals surface area contributed by atoms with Crippen LogP contribution in [0.1, 0.15) is 54.4 Å².